The molecule has 0 saturated carbocycles. The molecular weight excluding hydrogens is 238 g/mol. The molecule has 4 heteroatoms. The molecule has 2 aliphatic rings. The Kier molecular flexibility index (Phi) is 1.82. The number of nitrogens with zero attached hydrogens (tertiary/aromatic N) is 2. The van der Waals surface area contributed by atoms with E-state index in [0.717, 1.165) is 32.4 Å². The third kappa shape index (κ3) is 1.37. The van der Waals surface area contributed by atoms with E-state index >= 15 is 0 Å². The van der Waals surface area contributed by atoms with Gasteiger partial charge in [-0.3, -0.25) is 4.79 Å². The van der Waals surface area contributed by atoms with Crippen molar-refractivity contribution in [2.24, 2.45) is 15.7 Å². The van der Waals surface area contributed by atoms with Crippen molar-refractivity contribution in [3.8, 4) is 0 Å². The van der Waals surface area contributed by atoms with Crippen LogP contribution in [0, 0.1) is 10.4 Å². The van der Waals surface area contributed by atoms with Crippen LogP contribution in [0.15, 0.2) is 46.4 Å². The lowest BCUT2D eigenvalue weighted by molar-refractivity contribution is -0.111. The average Bonchev–Trinajstić information content (AvgIpc) is 2.96. The first-order valence-electron chi connectivity index (χ1n) is 5.95. The number of carbonyl (C=O) groups excluding carboxylic acids is 1. The van der Waals surface area contributed by atoms with Gasteiger partial charge in [0.25, 0.3) is 5.91 Å². The van der Waals surface area contributed by atoms with Gasteiger partial charge in [0.05, 0.1) is 16.7 Å². The quantitative estimate of drug-likeness (QED) is 0.672. The molecule has 1 amide bonds. The number of hydrogen-bond donors (Lipinski definition) is 1. The van der Waals surface area contributed by atoms with Crippen LogP contribution in [0.1, 0.15) is 0 Å². The molecule has 2 aliphatic heterocycles. The monoisotopic (exact) mass is 247 g/mol. The Morgan fingerprint density at radius 1 is 1.00 bits per heavy atom. The SMILES string of the molecule is NC(=O)C1=Nc2cc3c(cc2=C1)N=c1ccccc1=3. The van der Waals surface area contributed by atoms with Crippen molar-refractivity contribution in [3.63, 3.8) is 0 Å². The van der Waals surface area contributed by atoms with Crippen molar-refractivity contribution in [1.29, 1.82) is 0 Å². The van der Waals surface area contributed by atoms with Crippen molar-refractivity contribution in [1.82, 2.24) is 0 Å². The Balaban J connectivity index is 2.11. The second-order valence-corrected chi connectivity index (χ2v) is 4.56. The van der Waals surface area contributed by atoms with Crippen molar-refractivity contribution in [2.45, 2.75) is 0 Å². The lowest BCUT2D eigenvalue weighted by atomic mass is 10.1. The van der Waals surface area contributed by atoms with Crippen molar-refractivity contribution in [2.75, 3.05) is 0 Å². The second-order valence-electron chi connectivity index (χ2n) is 4.56. The maximum Gasteiger partial charge on any atom is 0.267 e. The van der Waals surface area contributed by atoms with Gasteiger partial charge in [-0.2, -0.15) is 0 Å². The van der Waals surface area contributed by atoms with Crippen LogP contribution >= 0.6 is 0 Å². The maximum absolute atomic E-state index is 11.2. The summed E-state index contributed by atoms with van der Waals surface area (Å²) in [5.74, 6) is -0.506. The first-order valence-corrected chi connectivity index (χ1v) is 5.95. The molecule has 0 radical (unpaired) electrons. The minimum atomic E-state index is -0.506. The van der Waals surface area contributed by atoms with Gasteiger partial charge in [0.2, 0.25) is 0 Å². The molecule has 19 heavy (non-hydrogen) atoms. The van der Waals surface area contributed by atoms with Crippen LogP contribution in [0.25, 0.3) is 6.08 Å². The molecule has 0 aromatic heterocycles. The van der Waals surface area contributed by atoms with Gasteiger partial charge in [-0.1, -0.05) is 18.2 Å². The van der Waals surface area contributed by atoms with Gasteiger partial charge >= 0.3 is 0 Å². The van der Waals surface area contributed by atoms with Crippen LogP contribution in [-0.4, -0.2) is 11.6 Å². The molecule has 0 atom stereocenters. The molecule has 4 rings (SSSR count). The topological polar surface area (TPSA) is 67.8 Å². The van der Waals surface area contributed by atoms with E-state index in [4.69, 9.17) is 5.73 Å². The lowest BCUT2D eigenvalue weighted by Crippen LogP contribution is -2.20. The predicted octanol–water partition coefficient (Wildman–Crippen LogP) is 0.590. The smallest absolute Gasteiger partial charge is 0.267 e. The highest BCUT2D eigenvalue weighted by Gasteiger charge is 2.13. The van der Waals surface area contributed by atoms with E-state index in [-0.39, 0.29) is 0 Å². The molecule has 0 unspecified atom stereocenters. The van der Waals surface area contributed by atoms with Gasteiger partial charge in [-0.15, -0.1) is 0 Å². The van der Waals surface area contributed by atoms with Gasteiger partial charge in [0.15, 0.2) is 0 Å². The first-order chi connectivity index (χ1) is 9.22. The number of primary amides is 1. The number of hydrogen-bond acceptors (Lipinski definition) is 3. The largest absolute Gasteiger partial charge is 0.364 e. The lowest BCUT2D eigenvalue weighted by Gasteiger charge is -1.93. The summed E-state index contributed by atoms with van der Waals surface area (Å²) in [6.45, 7) is 0. The maximum atomic E-state index is 11.2. The van der Waals surface area contributed by atoms with E-state index in [2.05, 4.69) is 9.98 Å². The van der Waals surface area contributed by atoms with E-state index in [0.29, 0.717) is 5.71 Å². The molecule has 0 spiro atoms. The Labute approximate surface area is 107 Å². The summed E-state index contributed by atoms with van der Waals surface area (Å²) in [5.41, 5.74) is 7.24. The molecule has 2 heterocycles. The predicted molar refractivity (Wildman–Crippen MR) is 71.8 cm³/mol. The van der Waals surface area contributed by atoms with E-state index in [1.165, 1.54) is 0 Å². The summed E-state index contributed by atoms with van der Waals surface area (Å²) in [6, 6.07) is 11.9. The Hall–Kier alpha value is -2.75. The normalized spacial score (nSPS) is 13.8. The fourth-order valence-corrected chi connectivity index (χ4v) is 2.48. The minimum absolute atomic E-state index is 0.298. The Morgan fingerprint density at radius 3 is 2.68 bits per heavy atom. The molecule has 0 saturated heterocycles. The number of amides is 1. The highest BCUT2D eigenvalue weighted by Crippen LogP contribution is 2.22. The molecule has 0 bridgehead atoms. The van der Waals surface area contributed by atoms with Crippen LogP contribution in [0.4, 0.5) is 11.4 Å². The molecule has 2 N–H and O–H groups in total. The van der Waals surface area contributed by atoms with Gasteiger partial charge in [0.1, 0.15) is 5.71 Å². The summed E-state index contributed by atoms with van der Waals surface area (Å²) in [4.78, 5) is 20.0. The summed E-state index contributed by atoms with van der Waals surface area (Å²) in [5, 5.41) is 4.02. The van der Waals surface area contributed by atoms with E-state index < -0.39 is 5.91 Å². The second kappa shape index (κ2) is 3.38. The van der Waals surface area contributed by atoms with Crippen LogP contribution in [-0.2, 0) is 4.79 Å². The average molecular weight is 247 g/mol. The van der Waals surface area contributed by atoms with Gasteiger partial charge < -0.3 is 5.73 Å². The zero-order valence-corrected chi connectivity index (χ0v) is 9.92. The number of rotatable bonds is 1. The summed E-state index contributed by atoms with van der Waals surface area (Å²) in [7, 11) is 0. The molecule has 2 aromatic rings. The highest BCUT2D eigenvalue weighted by atomic mass is 16.1. The number of benzene rings is 2. The van der Waals surface area contributed by atoms with E-state index in [1.54, 1.807) is 6.08 Å². The van der Waals surface area contributed by atoms with E-state index in [1.807, 2.05) is 36.4 Å². The van der Waals surface area contributed by atoms with Crippen LogP contribution in [0.3, 0.4) is 0 Å². The number of aliphatic imine (C=N–C) groups is 1. The number of fused-ring (bicyclic) bond motifs is 3. The molecule has 2 aromatic carbocycles. The summed E-state index contributed by atoms with van der Waals surface area (Å²) < 4.78 is 0. The van der Waals surface area contributed by atoms with Crippen LogP contribution in [0.2, 0.25) is 0 Å². The van der Waals surface area contributed by atoms with Crippen molar-refractivity contribution >= 4 is 29.1 Å². The molecule has 0 aliphatic carbocycles. The summed E-state index contributed by atoms with van der Waals surface area (Å²) in [6.07, 6.45) is 1.70. The third-order valence-corrected chi connectivity index (χ3v) is 3.37. The van der Waals surface area contributed by atoms with Gasteiger partial charge in [0, 0.05) is 15.7 Å². The van der Waals surface area contributed by atoms with Gasteiger partial charge in [-0.05, 0) is 24.3 Å². The van der Waals surface area contributed by atoms with Crippen LogP contribution in [0.5, 0.6) is 0 Å². The fraction of sp³-hybridized carbons (Fsp3) is 0. The molecule has 90 valence electrons. The number of carbonyl (C=O) groups is 1. The van der Waals surface area contributed by atoms with Crippen molar-refractivity contribution < 1.29 is 4.79 Å². The van der Waals surface area contributed by atoms with E-state index in [9.17, 15) is 4.79 Å². The number of nitrogens with two attached hydrogens (primary N) is 1. The molecule has 0 fully saturated rings. The summed E-state index contributed by atoms with van der Waals surface area (Å²) >= 11 is 0. The first kappa shape index (κ1) is 10.2. The molecular formula is C15H9N3O. The highest BCUT2D eigenvalue weighted by molar-refractivity contribution is 6.51. The van der Waals surface area contributed by atoms with Crippen LogP contribution < -0.4 is 16.3 Å². The van der Waals surface area contributed by atoms with Crippen molar-refractivity contribution in [3.05, 3.63) is 57.4 Å². The Bertz CT molecular complexity index is 987. The van der Waals surface area contributed by atoms with Gasteiger partial charge in [-0.25, -0.2) is 9.98 Å². The standard InChI is InChI=1S/C15H9N3O/c16-15(19)14-6-8-5-13-10(7-12(8)18-14)9-3-1-2-4-11(9)17-13/h1-7H,(H2,16,19). The third-order valence-electron chi connectivity index (χ3n) is 3.37. The Morgan fingerprint density at radius 2 is 1.84 bits per heavy atom. The minimum Gasteiger partial charge on any atom is -0.364 e. The zero-order chi connectivity index (χ0) is 13.0. The fourth-order valence-electron chi connectivity index (χ4n) is 2.48. The molecule has 4 nitrogen and oxygen atoms in total. The number of para-hydroxylation sites is 1. The zero-order valence-electron chi connectivity index (χ0n) is 9.92.